The summed E-state index contributed by atoms with van der Waals surface area (Å²) in [6, 6.07) is -0.369. The fourth-order valence-corrected chi connectivity index (χ4v) is 5.45. The number of carbonyl (C=O) groups excluding carboxylic acids is 3. The molecule has 0 saturated carbocycles. The molecule has 4 heterocycles. The van der Waals surface area contributed by atoms with Gasteiger partial charge in [0.05, 0.1) is 29.7 Å². The molecule has 0 radical (unpaired) electrons. The number of aliphatic hydroxyl groups excluding tert-OH is 1. The van der Waals surface area contributed by atoms with Crippen LogP contribution in [0.5, 0.6) is 0 Å². The van der Waals surface area contributed by atoms with E-state index in [4.69, 9.17) is 10.5 Å². The topological polar surface area (TPSA) is 141 Å². The number of aliphatic carboxylic acids is 1. The van der Waals surface area contributed by atoms with Crippen molar-refractivity contribution in [2.24, 2.45) is 17.6 Å². The molecule has 2 aromatic rings. The van der Waals surface area contributed by atoms with Crippen molar-refractivity contribution < 1.29 is 33.9 Å². The molecular formula is C19H22N4O6S. The van der Waals surface area contributed by atoms with Gasteiger partial charge in [0.15, 0.2) is 0 Å². The number of hydrogen-bond acceptors (Lipinski definition) is 7. The second-order valence-corrected chi connectivity index (χ2v) is 8.57. The first kappa shape index (κ1) is 20.4. The van der Waals surface area contributed by atoms with Crippen molar-refractivity contribution in [1.82, 2.24) is 9.30 Å². The van der Waals surface area contributed by atoms with Gasteiger partial charge in [-0.25, -0.2) is 9.36 Å². The van der Waals surface area contributed by atoms with Gasteiger partial charge in [-0.3, -0.25) is 4.79 Å². The molecule has 0 aliphatic carbocycles. The predicted molar refractivity (Wildman–Crippen MR) is 102 cm³/mol. The first-order valence-electron chi connectivity index (χ1n) is 9.56. The number of thiazole rings is 1. The van der Waals surface area contributed by atoms with E-state index in [1.165, 1.54) is 16.2 Å². The van der Waals surface area contributed by atoms with Crippen LogP contribution in [0.15, 0.2) is 29.2 Å². The zero-order chi connectivity index (χ0) is 21.7. The van der Waals surface area contributed by atoms with Crippen LogP contribution in [-0.4, -0.2) is 51.1 Å². The highest BCUT2D eigenvalue weighted by Crippen LogP contribution is 2.46. The van der Waals surface area contributed by atoms with Crippen molar-refractivity contribution in [2.75, 3.05) is 6.61 Å². The van der Waals surface area contributed by atoms with Crippen LogP contribution >= 0.6 is 11.3 Å². The molecule has 0 aromatic carbocycles. The van der Waals surface area contributed by atoms with Gasteiger partial charge in [-0.15, -0.1) is 0 Å². The predicted octanol–water partition coefficient (Wildman–Crippen LogP) is -1.21. The fraction of sp³-hybridized carbons (Fsp3) is 0.474. The lowest BCUT2D eigenvalue weighted by molar-refractivity contribution is -0.688. The van der Waals surface area contributed by atoms with Crippen molar-refractivity contribution in [3.8, 4) is 0 Å². The van der Waals surface area contributed by atoms with E-state index in [0.717, 1.165) is 10.5 Å². The summed E-state index contributed by atoms with van der Waals surface area (Å²) < 4.78 is 8.58. The number of imidazole rings is 1. The number of carboxylic acids is 1. The number of carbonyl (C=O) groups is 3. The third kappa shape index (κ3) is 3.14. The molecule has 2 aliphatic heterocycles. The van der Waals surface area contributed by atoms with Crippen LogP contribution in [-0.2, 0) is 27.3 Å². The zero-order valence-electron chi connectivity index (χ0n) is 16.5. The van der Waals surface area contributed by atoms with Crippen LogP contribution in [0, 0.1) is 11.8 Å². The summed E-state index contributed by atoms with van der Waals surface area (Å²) in [5.74, 6) is -2.59. The Morgan fingerprint density at radius 3 is 2.83 bits per heavy atom. The van der Waals surface area contributed by atoms with Crippen molar-refractivity contribution in [2.45, 2.75) is 39.0 Å². The van der Waals surface area contributed by atoms with E-state index in [9.17, 15) is 24.6 Å². The van der Waals surface area contributed by atoms with Crippen molar-refractivity contribution in [3.63, 3.8) is 0 Å². The van der Waals surface area contributed by atoms with Gasteiger partial charge in [0.2, 0.25) is 17.1 Å². The lowest BCUT2D eigenvalue weighted by Gasteiger charge is -2.47. The van der Waals surface area contributed by atoms with Crippen LogP contribution < -0.4 is 15.4 Å². The average molecular weight is 434 g/mol. The van der Waals surface area contributed by atoms with E-state index >= 15 is 0 Å². The maximum Gasteiger partial charge on any atom is 0.404 e. The molecule has 1 saturated heterocycles. The van der Waals surface area contributed by atoms with E-state index in [0.29, 0.717) is 12.0 Å². The Hall–Kier alpha value is -2.92. The molecule has 4 rings (SSSR count). The molecule has 3 N–H and O–H groups in total. The van der Waals surface area contributed by atoms with Gasteiger partial charge in [0.25, 0.3) is 0 Å². The number of primary amides is 1. The van der Waals surface area contributed by atoms with Crippen LogP contribution in [0.1, 0.15) is 19.5 Å². The Bertz CT molecular complexity index is 1070. The number of nitrogens with two attached hydrogens (primary N) is 1. The first-order valence-corrected chi connectivity index (χ1v) is 10.4. The molecule has 2 amide bonds. The Morgan fingerprint density at radius 2 is 2.20 bits per heavy atom. The van der Waals surface area contributed by atoms with Crippen molar-refractivity contribution >= 4 is 34.1 Å². The van der Waals surface area contributed by atoms with Gasteiger partial charge in [-0.1, -0.05) is 18.3 Å². The molecular weight excluding hydrogens is 412 g/mol. The number of β-lactam (4-membered cyclic amide) rings is 1. The lowest BCUT2D eigenvalue weighted by atomic mass is 9.78. The van der Waals surface area contributed by atoms with Crippen LogP contribution in [0.25, 0.3) is 4.83 Å². The Morgan fingerprint density at radius 1 is 1.47 bits per heavy atom. The minimum absolute atomic E-state index is 0.0912. The Balaban J connectivity index is 1.59. The summed E-state index contributed by atoms with van der Waals surface area (Å²) in [6.07, 6.45) is 2.54. The molecule has 2 aliphatic rings. The minimum Gasteiger partial charge on any atom is -0.543 e. The summed E-state index contributed by atoms with van der Waals surface area (Å²) in [4.78, 5) is 37.2. The SMILES string of the molecule is C[C@@H](O)[C@H]1C(=O)N2C(C(=O)[O-])=C(C[n+]3cc4scc(CCOC(N)=O)n4c3)[C@H](C)[C@H]12. The quantitative estimate of drug-likeness (QED) is 0.414. The molecule has 10 nitrogen and oxygen atoms in total. The van der Waals surface area contributed by atoms with Gasteiger partial charge < -0.3 is 30.4 Å². The van der Waals surface area contributed by atoms with Crippen molar-refractivity contribution in [3.05, 3.63) is 34.9 Å². The van der Waals surface area contributed by atoms with E-state index in [2.05, 4.69) is 0 Å². The fourth-order valence-electron chi connectivity index (χ4n) is 4.49. The average Bonchev–Trinajstić information content (AvgIpc) is 3.27. The highest BCUT2D eigenvalue weighted by Gasteiger charge is 2.58. The van der Waals surface area contributed by atoms with Gasteiger partial charge >= 0.3 is 6.09 Å². The summed E-state index contributed by atoms with van der Waals surface area (Å²) in [5.41, 5.74) is 6.42. The van der Waals surface area contributed by atoms with Crippen molar-refractivity contribution in [1.29, 1.82) is 0 Å². The minimum atomic E-state index is -1.39. The Labute approximate surface area is 175 Å². The van der Waals surface area contributed by atoms with Gasteiger partial charge in [-0.05, 0) is 6.92 Å². The van der Waals surface area contributed by atoms with Gasteiger partial charge in [0, 0.05) is 23.3 Å². The number of aliphatic hydroxyl groups is 1. The van der Waals surface area contributed by atoms with Crippen LogP contribution in [0.3, 0.4) is 0 Å². The smallest absolute Gasteiger partial charge is 0.404 e. The number of ether oxygens (including phenoxy) is 1. The molecule has 4 atom stereocenters. The highest BCUT2D eigenvalue weighted by molar-refractivity contribution is 7.15. The summed E-state index contributed by atoms with van der Waals surface area (Å²) in [6.45, 7) is 3.86. The normalized spacial score (nSPS) is 24.2. The highest BCUT2D eigenvalue weighted by atomic mass is 32.1. The molecule has 2 aromatic heterocycles. The maximum absolute atomic E-state index is 12.4. The number of rotatable bonds is 7. The molecule has 11 heteroatoms. The Kier molecular flexibility index (Phi) is 5.02. The second kappa shape index (κ2) is 7.40. The lowest BCUT2D eigenvalue weighted by Crippen LogP contribution is -2.64. The molecule has 0 spiro atoms. The number of aromatic nitrogens is 2. The number of amides is 2. The largest absolute Gasteiger partial charge is 0.543 e. The standard InChI is InChI=1S/C19H22N4O6S/c1-9-12(16(18(26)27)23-15(9)14(10(2)24)17(23)25)5-21-6-13-22(8-21)11(7-30-13)3-4-29-19(20)28/h6-10,14-15,24H,3-5H2,1-2H3,(H2-,20,26,27,28)/t9-,10+,14+,15+/m0/s1. The molecule has 0 bridgehead atoms. The molecule has 0 unspecified atom stereocenters. The summed E-state index contributed by atoms with van der Waals surface area (Å²) >= 11 is 1.51. The molecule has 1 fully saturated rings. The van der Waals surface area contributed by atoms with Crippen LogP contribution in [0.4, 0.5) is 4.79 Å². The maximum atomic E-state index is 12.4. The van der Waals surface area contributed by atoms with E-state index in [1.807, 2.05) is 33.8 Å². The monoisotopic (exact) mass is 434 g/mol. The van der Waals surface area contributed by atoms with Gasteiger partial charge in [0.1, 0.15) is 25.0 Å². The number of hydrogen-bond donors (Lipinski definition) is 2. The number of nitrogens with zero attached hydrogens (tertiary/aromatic N) is 3. The summed E-state index contributed by atoms with van der Waals surface area (Å²) in [7, 11) is 0. The third-order valence-corrected chi connectivity index (χ3v) is 6.80. The van der Waals surface area contributed by atoms with Crippen LogP contribution in [0.2, 0.25) is 0 Å². The number of fused-ring (bicyclic) bond motifs is 2. The van der Waals surface area contributed by atoms with E-state index in [-0.39, 0.29) is 36.7 Å². The molecule has 30 heavy (non-hydrogen) atoms. The van der Waals surface area contributed by atoms with E-state index in [1.54, 1.807) is 6.92 Å². The second-order valence-electron chi connectivity index (χ2n) is 7.68. The summed E-state index contributed by atoms with van der Waals surface area (Å²) in [5, 5.41) is 23.7. The van der Waals surface area contributed by atoms with Gasteiger partial charge in [-0.2, -0.15) is 4.40 Å². The molecule has 160 valence electrons. The van der Waals surface area contributed by atoms with E-state index < -0.39 is 24.1 Å². The first-order chi connectivity index (χ1) is 14.2. The zero-order valence-corrected chi connectivity index (χ0v) is 17.3. The number of carboxylic acid groups (broad SMARTS) is 1. The third-order valence-electron chi connectivity index (χ3n) is 5.87.